The molecule has 128 valence electrons. The molecular weight excluding hydrogens is 315 g/mol. The summed E-state index contributed by atoms with van der Waals surface area (Å²) in [6.07, 6.45) is 1.24. The highest BCUT2D eigenvalue weighted by Crippen LogP contribution is 2.35. The third kappa shape index (κ3) is 4.86. The number of nitrogens with zero attached hydrogens (tertiary/aromatic N) is 1. The zero-order chi connectivity index (χ0) is 14.7. The molecule has 1 fully saturated rings. The average molecular weight is 347 g/mol. The molecule has 2 nitrogen and oxygen atoms in total. The molecule has 0 saturated carbocycles. The quantitative estimate of drug-likeness (QED) is 0.866. The number of aryl methyl sites for hydroxylation is 3. The van der Waals surface area contributed by atoms with Crippen LogP contribution in [0.5, 0.6) is 0 Å². The summed E-state index contributed by atoms with van der Waals surface area (Å²) < 4.78 is 0. The Morgan fingerprint density at radius 1 is 1.05 bits per heavy atom. The Morgan fingerprint density at radius 3 is 2.00 bits per heavy atom. The fraction of sp³-hybridized carbons (Fsp3) is 0.667. The summed E-state index contributed by atoms with van der Waals surface area (Å²) in [5.41, 5.74) is 5.89. The minimum Gasteiger partial charge on any atom is -0.314 e. The maximum Gasteiger partial charge on any atom is 0.0379 e. The van der Waals surface area contributed by atoms with Crippen molar-refractivity contribution in [3.8, 4) is 0 Å². The zero-order valence-corrected chi connectivity index (χ0v) is 16.2. The molecule has 22 heavy (non-hydrogen) atoms. The van der Waals surface area contributed by atoms with Crippen LogP contribution in [-0.2, 0) is 0 Å². The van der Waals surface area contributed by atoms with Crippen molar-refractivity contribution in [3.63, 3.8) is 0 Å². The molecule has 1 heterocycles. The number of piperazine rings is 1. The number of hydrogen-bond donors (Lipinski definition) is 1. The molecule has 1 aromatic carbocycles. The van der Waals surface area contributed by atoms with E-state index < -0.39 is 0 Å². The van der Waals surface area contributed by atoms with E-state index in [2.05, 4.69) is 57.0 Å². The van der Waals surface area contributed by atoms with Gasteiger partial charge in [0, 0.05) is 32.2 Å². The predicted molar refractivity (Wildman–Crippen MR) is 102 cm³/mol. The lowest BCUT2D eigenvalue weighted by Crippen LogP contribution is -2.47. The number of nitrogens with one attached hydrogen (secondary N) is 1. The molecule has 0 aromatic heterocycles. The Bertz CT molecular complexity index is 433. The van der Waals surface area contributed by atoms with Crippen molar-refractivity contribution in [1.29, 1.82) is 0 Å². The predicted octanol–water partition coefficient (Wildman–Crippen LogP) is 4.45. The van der Waals surface area contributed by atoms with Crippen molar-refractivity contribution in [1.82, 2.24) is 10.2 Å². The van der Waals surface area contributed by atoms with Crippen LogP contribution in [0.25, 0.3) is 0 Å². The molecule has 2 atom stereocenters. The van der Waals surface area contributed by atoms with Gasteiger partial charge in [-0.05, 0) is 43.4 Å². The van der Waals surface area contributed by atoms with Crippen molar-refractivity contribution in [2.75, 3.05) is 26.2 Å². The van der Waals surface area contributed by atoms with E-state index in [1.807, 2.05) is 0 Å². The smallest absolute Gasteiger partial charge is 0.0379 e. The van der Waals surface area contributed by atoms with Gasteiger partial charge in [-0.1, -0.05) is 38.0 Å². The second-order valence-corrected chi connectivity index (χ2v) is 6.43. The summed E-state index contributed by atoms with van der Waals surface area (Å²) >= 11 is 0. The lowest BCUT2D eigenvalue weighted by Gasteiger charge is -2.40. The minimum atomic E-state index is 0. The molecule has 1 saturated heterocycles. The van der Waals surface area contributed by atoms with Gasteiger partial charge >= 0.3 is 0 Å². The Balaban J connectivity index is 0.00000220. The highest BCUT2D eigenvalue weighted by Gasteiger charge is 2.28. The summed E-state index contributed by atoms with van der Waals surface area (Å²) in [5.74, 6) is 0.702. The van der Waals surface area contributed by atoms with Gasteiger partial charge in [-0.2, -0.15) is 0 Å². The van der Waals surface area contributed by atoms with Gasteiger partial charge in [0.15, 0.2) is 0 Å². The van der Waals surface area contributed by atoms with Crippen LogP contribution in [0.4, 0.5) is 0 Å². The first kappa shape index (κ1) is 21.7. The zero-order valence-electron chi connectivity index (χ0n) is 14.6. The van der Waals surface area contributed by atoms with Gasteiger partial charge in [-0.15, -0.1) is 24.8 Å². The summed E-state index contributed by atoms with van der Waals surface area (Å²) in [5, 5.41) is 3.47. The van der Waals surface area contributed by atoms with Crippen LogP contribution >= 0.6 is 24.8 Å². The molecule has 1 N–H and O–H groups in total. The van der Waals surface area contributed by atoms with Crippen LogP contribution in [0.1, 0.15) is 48.6 Å². The van der Waals surface area contributed by atoms with Crippen molar-refractivity contribution < 1.29 is 0 Å². The van der Waals surface area contributed by atoms with Gasteiger partial charge in [-0.3, -0.25) is 4.90 Å². The van der Waals surface area contributed by atoms with E-state index in [0.717, 1.165) is 13.1 Å². The van der Waals surface area contributed by atoms with Gasteiger partial charge in [0.2, 0.25) is 0 Å². The largest absolute Gasteiger partial charge is 0.314 e. The van der Waals surface area contributed by atoms with E-state index in [1.54, 1.807) is 5.56 Å². The molecular formula is C18H32Cl2N2. The van der Waals surface area contributed by atoms with E-state index in [4.69, 9.17) is 0 Å². The van der Waals surface area contributed by atoms with Crippen LogP contribution in [0.3, 0.4) is 0 Å². The van der Waals surface area contributed by atoms with Crippen LogP contribution < -0.4 is 5.32 Å². The summed E-state index contributed by atoms with van der Waals surface area (Å²) in [6, 6.07) is 5.27. The van der Waals surface area contributed by atoms with Gasteiger partial charge in [0.1, 0.15) is 0 Å². The minimum absolute atomic E-state index is 0. The normalized spacial score (nSPS) is 18.0. The third-order valence-corrected chi connectivity index (χ3v) is 4.76. The molecule has 0 amide bonds. The lowest BCUT2D eigenvalue weighted by molar-refractivity contribution is 0.127. The van der Waals surface area contributed by atoms with Crippen LogP contribution in [0, 0.1) is 26.7 Å². The molecule has 1 aromatic rings. The first-order valence-electron chi connectivity index (χ1n) is 8.07. The second kappa shape index (κ2) is 9.77. The fourth-order valence-electron chi connectivity index (χ4n) is 3.67. The van der Waals surface area contributed by atoms with Gasteiger partial charge in [0.05, 0.1) is 0 Å². The topological polar surface area (TPSA) is 15.3 Å². The molecule has 1 unspecified atom stereocenters. The Morgan fingerprint density at radius 2 is 1.55 bits per heavy atom. The lowest BCUT2D eigenvalue weighted by atomic mass is 9.85. The first-order valence-corrected chi connectivity index (χ1v) is 8.07. The average Bonchev–Trinajstić information content (AvgIpc) is 2.42. The number of hydrogen-bond acceptors (Lipinski definition) is 2. The Hall–Kier alpha value is -0.280. The van der Waals surface area contributed by atoms with E-state index in [-0.39, 0.29) is 24.8 Å². The molecule has 1 aliphatic heterocycles. The summed E-state index contributed by atoms with van der Waals surface area (Å²) in [4.78, 5) is 2.69. The molecule has 0 spiro atoms. The number of rotatable bonds is 4. The number of benzene rings is 1. The second-order valence-electron chi connectivity index (χ2n) is 6.43. The molecule has 0 aliphatic carbocycles. The van der Waals surface area contributed by atoms with Crippen LogP contribution in [-0.4, -0.2) is 31.1 Å². The summed E-state index contributed by atoms with van der Waals surface area (Å²) in [6.45, 7) is 16.1. The maximum atomic E-state index is 3.47. The Kier molecular flexibility index (Phi) is 9.64. The highest BCUT2D eigenvalue weighted by molar-refractivity contribution is 5.85. The Labute approximate surface area is 148 Å². The number of halogens is 2. The SMILES string of the molecule is CCC(C)[C@H](c1c(C)cc(C)cc1C)N1CCNCC1.Cl.Cl. The molecule has 4 heteroatoms. The van der Waals surface area contributed by atoms with Crippen molar-refractivity contribution in [3.05, 3.63) is 34.4 Å². The summed E-state index contributed by atoms with van der Waals surface area (Å²) in [7, 11) is 0. The molecule has 0 bridgehead atoms. The first-order chi connectivity index (χ1) is 9.54. The monoisotopic (exact) mass is 346 g/mol. The molecule has 0 radical (unpaired) electrons. The van der Waals surface area contributed by atoms with Crippen molar-refractivity contribution in [2.45, 2.75) is 47.1 Å². The van der Waals surface area contributed by atoms with Gasteiger partial charge in [0.25, 0.3) is 0 Å². The van der Waals surface area contributed by atoms with Gasteiger partial charge < -0.3 is 5.32 Å². The van der Waals surface area contributed by atoms with E-state index in [1.165, 1.54) is 36.2 Å². The third-order valence-electron chi connectivity index (χ3n) is 4.76. The van der Waals surface area contributed by atoms with Crippen molar-refractivity contribution in [2.24, 2.45) is 5.92 Å². The van der Waals surface area contributed by atoms with E-state index in [0.29, 0.717) is 12.0 Å². The standard InChI is InChI=1S/C18H30N2.2ClH/c1-6-14(3)18(20-9-7-19-8-10-20)17-15(4)11-13(2)12-16(17)5;;/h11-12,14,18-19H,6-10H2,1-5H3;2*1H/t14?,18-;;/m1../s1. The van der Waals surface area contributed by atoms with Crippen LogP contribution in [0.2, 0.25) is 0 Å². The van der Waals surface area contributed by atoms with Crippen LogP contribution in [0.15, 0.2) is 12.1 Å². The molecule has 2 rings (SSSR count). The highest BCUT2D eigenvalue weighted by atomic mass is 35.5. The fourth-order valence-corrected chi connectivity index (χ4v) is 3.67. The maximum absolute atomic E-state index is 3.47. The van der Waals surface area contributed by atoms with Gasteiger partial charge in [-0.25, -0.2) is 0 Å². The van der Waals surface area contributed by atoms with Crippen molar-refractivity contribution >= 4 is 24.8 Å². The van der Waals surface area contributed by atoms with E-state index in [9.17, 15) is 0 Å². The molecule has 1 aliphatic rings. The van der Waals surface area contributed by atoms with E-state index >= 15 is 0 Å².